The first-order valence-electron chi connectivity index (χ1n) is 0.877. The van der Waals surface area contributed by atoms with Crippen LogP contribution in [0.3, 0.4) is 0 Å². The summed E-state index contributed by atoms with van der Waals surface area (Å²) >= 11 is 14.6. The summed E-state index contributed by atoms with van der Waals surface area (Å²) < 4.78 is -0.384. The van der Waals surface area contributed by atoms with E-state index in [1.54, 1.807) is 0 Å². The number of halogens is 2. The second-order valence-corrected chi connectivity index (χ2v) is 3.45. The van der Waals surface area contributed by atoms with Crippen molar-refractivity contribution in [3.8, 4) is 0 Å². The zero-order valence-electron chi connectivity index (χ0n) is 2.19. The minimum Gasteiger partial charge on any atom is -0.0945 e. The molecule has 5 heavy (non-hydrogen) atoms. The fourth-order valence-corrected chi connectivity index (χ4v) is 0. The number of hydrogen-bond acceptors (Lipinski definition) is 1. The Labute approximate surface area is 47.3 Å². The summed E-state index contributed by atoms with van der Waals surface area (Å²) in [6.45, 7) is 0. The molecule has 0 heterocycles. The van der Waals surface area contributed by atoms with Crippen molar-refractivity contribution in [3.63, 3.8) is 0 Å². The van der Waals surface area contributed by atoms with Crippen molar-refractivity contribution >= 4 is 42.4 Å². The molecule has 0 unspecified atom stereocenters. The highest BCUT2D eigenvalue weighted by atomic mass is 35.5. The zero-order valence-corrected chi connectivity index (χ0v) is 5.41. The van der Waals surface area contributed by atoms with Crippen LogP contribution in [-0.4, -0.2) is 4.58 Å². The van der Waals surface area contributed by atoms with E-state index in [0.717, 1.165) is 0 Å². The van der Waals surface area contributed by atoms with Crippen molar-refractivity contribution in [1.82, 2.24) is 0 Å². The van der Waals surface area contributed by atoms with E-state index in [0.29, 0.717) is 7.36 Å². The standard InChI is InChI=1S/CHCl2PS/c2-1(3)4-5/h1H. The molecule has 0 fully saturated rings. The molecule has 4 heteroatoms. The Morgan fingerprint density at radius 2 is 1.80 bits per heavy atom. The Hall–Kier alpha value is 1.10. The molecular formula is CHCl2PS. The van der Waals surface area contributed by atoms with Crippen LogP contribution in [0.15, 0.2) is 0 Å². The predicted octanol–water partition coefficient (Wildman–Crippen LogP) is 2.16. The van der Waals surface area contributed by atoms with Gasteiger partial charge in [-0.3, -0.25) is 0 Å². The summed E-state index contributed by atoms with van der Waals surface area (Å²) in [6, 6.07) is 0. The van der Waals surface area contributed by atoms with Crippen LogP contribution in [0.1, 0.15) is 0 Å². The highest BCUT2D eigenvalue weighted by Crippen LogP contribution is 2.14. The topological polar surface area (TPSA) is 0 Å². The van der Waals surface area contributed by atoms with Crippen LogP contribution in [0.4, 0.5) is 0 Å². The van der Waals surface area contributed by atoms with E-state index in [2.05, 4.69) is 11.8 Å². The Kier molecular flexibility index (Phi) is 4.02. The summed E-state index contributed by atoms with van der Waals surface area (Å²) in [5.41, 5.74) is 0. The van der Waals surface area contributed by atoms with Gasteiger partial charge in [-0.15, -0.1) is 0 Å². The van der Waals surface area contributed by atoms with Gasteiger partial charge in [0.05, 0.1) is 0 Å². The molecule has 0 spiro atoms. The van der Waals surface area contributed by atoms with E-state index < -0.39 is 0 Å². The summed E-state index contributed by atoms with van der Waals surface area (Å²) in [4.78, 5) is 0. The lowest BCUT2D eigenvalue weighted by Crippen LogP contribution is -1.57. The van der Waals surface area contributed by atoms with Crippen molar-refractivity contribution in [2.24, 2.45) is 0 Å². The van der Waals surface area contributed by atoms with Crippen LogP contribution in [0.25, 0.3) is 0 Å². The summed E-state index contributed by atoms with van der Waals surface area (Å²) in [7, 11) is 0.611. The molecule has 0 aliphatic heterocycles. The van der Waals surface area contributed by atoms with Crippen molar-refractivity contribution in [2.75, 3.05) is 0 Å². The van der Waals surface area contributed by atoms with Gasteiger partial charge in [-0.25, -0.2) is 0 Å². The second-order valence-electron chi connectivity index (χ2n) is 0.383. The first-order chi connectivity index (χ1) is 2.27. The summed E-state index contributed by atoms with van der Waals surface area (Å²) in [6.07, 6.45) is 0. The molecule has 0 aromatic rings. The Bertz CT molecular complexity index is 36.6. The van der Waals surface area contributed by atoms with Gasteiger partial charge in [0, 0.05) is 7.36 Å². The molecule has 0 saturated heterocycles. The highest BCUT2D eigenvalue weighted by molar-refractivity contribution is 7.97. The lowest BCUT2D eigenvalue weighted by Gasteiger charge is -1.74. The first-order valence-corrected chi connectivity index (χ1v) is 3.73. The molecule has 0 radical (unpaired) electrons. The third kappa shape index (κ3) is 5.10. The van der Waals surface area contributed by atoms with Crippen LogP contribution >= 0.6 is 30.6 Å². The monoisotopic (exact) mass is 146 g/mol. The third-order valence-corrected chi connectivity index (χ3v) is 2.15. The van der Waals surface area contributed by atoms with Gasteiger partial charge < -0.3 is 0 Å². The molecule has 0 aromatic carbocycles. The van der Waals surface area contributed by atoms with E-state index in [-0.39, 0.29) is 4.58 Å². The average Bonchev–Trinajstić information content (AvgIpc) is 1.38. The molecule has 0 aliphatic rings. The SMILES string of the molecule is S=PC(Cl)Cl. The van der Waals surface area contributed by atoms with Crippen LogP contribution in [0, 0.1) is 0 Å². The smallest absolute Gasteiger partial charge is 0.0945 e. The molecule has 30 valence electrons. The third-order valence-electron chi connectivity index (χ3n) is 0.0797. The lowest BCUT2D eigenvalue weighted by molar-refractivity contribution is 2.00. The Morgan fingerprint density at radius 3 is 1.80 bits per heavy atom. The molecular weight excluding hydrogens is 146 g/mol. The molecule has 0 atom stereocenters. The number of rotatable bonds is 1. The predicted molar refractivity (Wildman–Crippen MR) is 29.8 cm³/mol. The lowest BCUT2D eigenvalue weighted by atomic mass is 11.9. The first kappa shape index (κ1) is 6.10. The molecule has 0 aliphatic carbocycles. The van der Waals surface area contributed by atoms with Crippen molar-refractivity contribution in [2.45, 2.75) is 4.58 Å². The quantitative estimate of drug-likeness (QED) is 0.404. The summed E-state index contributed by atoms with van der Waals surface area (Å²) in [5.74, 6) is 0. The van der Waals surface area contributed by atoms with Gasteiger partial charge in [0.2, 0.25) is 0 Å². The second kappa shape index (κ2) is 3.30. The molecule has 0 nitrogen and oxygen atoms in total. The molecule has 0 bridgehead atoms. The van der Waals surface area contributed by atoms with Gasteiger partial charge in [0.25, 0.3) is 0 Å². The van der Waals surface area contributed by atoms with E-state index >= 15 is 0 Å². The molecule has 0 N–H and O–H groups in total. The van der Waals surface area contributed by atoms with Crippen molar-refractivity contribution in [1.29, 1.82) is 0 Å². The molecule has 0 aromatic heterocycles. The van der Waals surface area contributed by atoms with E-state index in [9.17, 15) is 0 Å². The van der Waals surface area contributed by atoms with Gasteiger partial charge in [0.15, 0.2) is 4.58 Å². The van der Waals surface area contributed by atoms with E-state index in [1.165, 1.54) is 0 Å². The highest BCUT2D eigenvalue weighted by Gasteiger charge is 1.84. The number of alkyl halides is 2. The van der Waals surface area contributed by atoms with Gasteiger partial charge in [-0.1, -0.05) is 35.0 Å². The van der Waals surface area contributed by atoms with Crippen LogP contribution in [0.2, 0.25) is 0 Å². The van der Waals surface area contributed by atoms with Crippen LogP contribution < -0.4 is 0 Å². The van der Waals surface area contributed by atoms with Crippen molar-refractivity contribution in [3.05, 3.63) is 0 Å². The average molecular weight is 147 g/mol. The van der Waals surface area contributed by atoms with Gasteiger partial charge >= 0.3 is 0 Å². The minimum absolute atomic E-state index is 0.384. The van der Waals surface area contributed by atoms with Gasteiger partial charge in [-0.05, 0) is 0 Å². The molecule has 0 amide bonds. The van der Waals surface area contributed by atoms with Gasteiger partial charge in [0.1, 0.15) is 0 Å². The Balaban J connectivity index is 2.83. The molecule has 0 rings (SSSR count). The maximum absolute atomic E-state index is 5.11. The largest absolute Gasteiger partial charge is 0.158 e. The normalized spacial score (nSPS) is 10.2. The molecule has 0 saturated carbocycles. The summed E-state index contributed by atoms with van der Waals surface area (Å²) in [5, 5.41) is 0. The number of hydrogen-bond donors (Lipinski definition) is 0. The minimum atomic E-state index is -0.384. The maximum Gasteiger partial charge on any atom is 0.158 e. The van der Waals surface area contributed by atoms with Crippen molar-refractivity contribution < 1.29 is 0 Å². The fraction of sp³-hybridized carbons (Fsp3) is 1.00. The fourth-order valence-electron chi connectivity index (χ4n) is 0. The zero-order chi connectivity index (χ0) is 4.28. The van der Waals surface area contributed by atoms with Crippen LogP contribution in [-0.2, 0) is 11.8 Å². The van der Waals surface area contributed by atoms with E-state index in [1.807, 2.05) is 0 Å². The van der Waals surface area contributed by atoms with Gasteiger partial charge in [-0.2, -0.15) is 0 Å². The Morgan fingerprint density at radius 1 is 1.60 bits per heavy atom. The van der Waals surface area contributed by atoms with E-state index in [4.69, 9.17) is 23.2 Å². The maximum atomic E-state index is 5.11. The van der Waals surface area contributed by atoms with Crippen LogP contribution in [0.5, 0.6) is 0 Å².